The van der Waals surface area contributed by atoms with Crippen molar-refractivity contribution in [2.24, 2.45) is 0 Å². The molecule has 1 aromatic carbocycles. The molecule has 0 aliphatic heterocycles. The van der Waals surface area contributed by atoms with Crippen molar-refractivity contribution in [1.29, 1.82) is 0 Å². The minimum absolute atomic E-state index is 0.215. The highest BCUT2D eigenvalue weighted by atomic mass is 16.5. The van der Waals surface area contributed by atoms with E-state index in [0.29, 0.717) is 0 Å². The van der Waals surface area contributed by atoms with Gasteiger partial charge >= 0.3 is 5.97 Å². The minimum atomic E-state index is -0.401. The molecule has 0 radical (unpaired) electrons. The molecule has 1 aromatic heterocycles. The summed E-state index contributed by atoms with van der Waals surface area (Å²) in [4.78, 5) is 18.8. The Balaban J connectivity index is 2.23. The van der Waals surface area contributed by atoms with E-state index in [1.54, 1.807) is 6.20 Å². The Hall–Kier alpha value is -2.23. The first kappa shape index (κ1) is 10.3. The maximum Gasteiger partial charge on any atom is 0.309 e. The van der Waals surface area contributed by atoms with Crippen LogP contribution >= 0.6 is 0 Å². The smallest absolute Gasteiger partial charge is 0.309 e. The van der Waals surface area contributed by atoms with Gasteiger partial charge in [0, 0.05) is 12.5 Å². The monoisotopic (exact) mass is 214 g/mol. The van der Waals surface area contributed by atoms with Gasteiger partial charge in [0.2, 0.25) is 5.88 Å². The number of carbonyl (C=O) groups excluding carboxylic acids is 1. The lowest BCUT2D eigenvalue weighted by Crippen LogP contribution is -2.03. The zero-order chi connectivity index (χ0) is 11.4. The van der Waals surface area contributed by atoms with Gasteiger partial charge < -0.3 is 4.74 Å². The molecule has 0 unspecified atom stereocenters. The van der Waals surface area contributed by atoms with Crippen molar-refractivity contribution in [2.75, 3.05) is 0 Å². The molecule has 0 N–H and O–H groups in total. The molecule has 16 heavy (non-hydrogen) atoms. The number of ether oxygens (including phenoxy) is 1. The van der Waals surface area contributed by atoms with E-state index in [9.17, 15) is 4.79 Å². The summed E-state index contributed by atoms with van der Waals surface area (Å²) in [6.07, 6.45) is 3.01. The van der Waals surface area contributed by atoms with Gasteiger partial charge in [-0.15, -0.1) is 0 Å². The van der Waals surface area contributed by atoms with E-state index in [2.05, 4.69) is 9.97 Å². The fourth-order valence-electron chi connectivity index (χ4n) is 1.27. The molecule has 0 aliphatic carbocycles. The van der Waals surface area contributed by atoms with E-state index in [-0.39, 0.29) is 5.88 Å². The lowest BCUT2D eigenvalue weighted by atomic mass is 10.2. The van der Waals surface area contributed by atoms with Gasteiger partial charge in [0.15, 0.2) is 0 Å². The number of benzene rings is 1. The summed E-state index contributed by atoms with van der Waals surface area (Å²) in [7, 11) is 0. The van der Waals surface area contributed by atoms with Gasteiger partial charge in [0.25, 0.3) is 0 Å². The van der Waals surface area contributed by atoms with Crippen molar-refractivity contribution < 1.29 is 9.53 Å². The predicted octanol–water partition coefficient (Wildman–Crippen LogP) is 2.07. The van der Waals surface area contributed by atoms with Crippen molar-refractivity contribution in [3.05, 3.63) is 42.7 Å². The normalized spacial score (nSPS) is 9.81. The van der Waals surface area contributed by atoms with Gasteiger partial charge in [-0.25, -0.2) is 9.97 Å². The molecule has 4 heteroatoms. The Morgan fingerprint density at radius 3 is 2.44 bits per heavy atom. The van der Waals surface area contributed by atoms with Gasteiger partial charge in [0.1, 0.15) is 0 Å². The summed E-state index contributed by atoms with van der Waals surface area (Å²) in [5.41, 5.74) is 1.72. The standard InChI is InChI=1S/C12H10N2O2/c1-9(15)16-12-8-13-11(7-14-12)10-5-3-2-4-6-10/h2-8H,1H3. The lowest BCUT2D eigenvalue weighted by Gasteiger charge is -2.01. The van der Waals surface area contributed by atoms with Crippen LogP contribution < -0.4 is 4.74 Å². The number of esters is 1. The largest absolute Gasteiger partial charge is 0.406 e. The highest BCUT2D eigenvalue weighted by Gasteiger charge is 2.02. The van der Waals surface area contributed by atoms with E-state index in [0.717, 1.165) is 11.3 Å². The number of carbonyl (C=O) groups is 1. The first-order chi connectivity index (χ1) is 7.75. The van der Waals surface area contributed by atoms with Crippen LogP contribution in [0.2, 0.25) is 0 Å². The highest BCUT2D eigenvalue weighted by Crippen LogP contribution is 2.16. The third-order valence-corrected chi connectivity index (χ3v) is 1.95. The maximum absolute atomic E-state index is 10.7. The Morgan fingerprint density at radius 1 is 1.12 bits per heavy atom. The van der Waals surface area contributed by atoms with Crippen molar-refractivity contribution in [2.45, 2.75) is 6.92 Å². The van der Waals surface area contributed by atoms with Crippen LogP contribution in [0.15, 0.2) is 42.7 Å². The Labute approximate surface area is 92.9 Å². The minimum Gasteiger partial charge on any atom is -0.406 e. The van der Waals surface area contributed by atoms with E-state index in [1.165, 1.54) is 13.1 Å². The van der Waals surface area contributed by atoms with Crippen LogP contribution in [0.4, 0.5) is 0 Å². The zero-order valence-corrected chi connectivity index (χ0v) is 8.75. The van der Waals surface area contributed by atoms with Crippen molar-refractivity contribution in [3.8, 4) is 17.1 Å². The fourth-order valence-corrected chi connectivity index (χ4v) is 1.27. The molecule has 0 saturated carbocycles. The van der Waals surface area contributed by atoms with Crippen LogP contribution in [-0.4, -0.2) is 15.9 Å². The first-order valence-electron chi connectivity index (χ1n) is 4.81. The summed E-state index contributed by atoms with van der Waals surface area (Å²) < 4.78 is 4.79. The van der Waals surface area contributed by atoms with Crippen LogP contribution in [0, 0.1) is 0 Å². The molecular formula is C12H10N2O2. The van der Waals surface area contributed by atoms with Gasteiger partial charge in [0.05, 0.1) is 18.1 Å². The maximum atomic E-state index is 10.7. The number of rotatable bonds is 2. The molecular weight excluding hydrogens is 204 g/mol. The number of nitrogens with zero attached hydrogens (tertiary/aromatic N) is 2. The van der Waals surface area contributed by atoms with E-state index in [4.69, 9.17) is 4.74 Å². The average molecular weight is 214 g/mol. The molecule has 80 valence electrons. The van der Waals surface area contributed by atoms with Gasteiger partial charge in [-0.05, 0) is 0 Å². The summed E-state index contributed by atoms with van der Waals surface area (Å²) >= 11 is 0. The molecule has 0 bridgehead atoms. The van der Waals surface area contributed by atoms with E-state index < -0.39 is 5.97 Å². The number of aromatic nitrogens is 2. The van der Waals surface area contributed by atoms with Gasteiger partial charge in [-0.3, -0.25) is 4.79 Å². The highest BCUT2D eigenvalue weighted by molar-refractivity contribution is 5.68. The molecule has 0 fully saturated rings. The Bertz CT molecular complexity index is 480. The van der Waals surface area contributed by atoms with Crippen LogP contribution in [0.1, 0.15) is 6.92 Å². The van der Waals surface area contributed by atoms with Crippen molar-refractivity contribution >= 4 is 5.97 Å². The van der Waals surface area contributed by atoms with Crippen LogP contribution in [0.5, 0.6) is 5.88 Å². The quantitative estimate of drug-likeness (QED) is 0.718. The average Bonchev–Trinajstić information content (AvgIpc) is 2.30. The SMILES string of the molecule is CC(=O)Oc1cnc(-c2ccccc2)cn1. The molecule has 0 atom stereocenters. The van der Waals surface area contributed by atoms with Crippen molar-refractivity contribution in [3.63, 3.8) is 0 Å². The van der Waals surface area contributed by atoms with E-state index in [1.807, 2.05) is 30.3 Å². The summed E-state index contributed by atoms with van der Waals surface area (Å²) in [5, 5.41) is 0. The molecule has 0 spiro atoms. The molecule has 1 heterocycles. The summed E-state index contributed by atoms with van der Waals surface area (Å²) in [6, 6.07) is 9.67. The van der Waals surface area contributed by atoms with Crippen LogP contribution in [0.25, 0.3) is 11.3 Å². The molecule has 0 aliphatic rings. The van der Waals surface area contributed by atoms with Crippen LogP contribution in [-0.2, 0) is 4.79 Å². The summed E-state index contributed by atoms with van der Waals surface area (Å²) in [5.74, 6) is -0.186. The topological polar surface area (TPSA) is 52.1 Å². The predicted molar refractivity (Wildman–Crippen MR) is 58.8 cm³/mol. The zero-order valence-electron chi connectivity index (χ0n) is 8.75. The lowest BCUT2D eigenvalue weighted by molar-refractivity contribution is -0.132. The third kappa shape index (κ3) is 2.42. The Kier molecular flexibility index (Phi) is 2.91. The van der Waals surface area contributed by atoms with Crippen LogP contribution in [0.3, 0.4) is 0 Å². The van der Waals surface area contributed by atoms with Gasteiger partial charge in [-0.2, -0.15) is 0 Å². The summed E-state index contributed by atoms with van der Waals surface area (Å²) in [6.45, 7) is 1.33. The second-order valence-corrected chi connectivity index (χ2v) is 3.20. The second-order valence-electron chi connectivity index (χ2n) is 3.20. The second kappa shape index (κ2) is 4.53. The molecule has 2 aromatic rings. The molecule has 0 saturated heterocycles. The van der Waals surface area contributed by atoms with Gasteiger partial charge in [-0.1, -0.05) is 30.3 Å². The Morgan fingerprint density at radius 2 is 1.88 bits per heavy atom. The number of hydrogen-bond donors (Lipinski definition) is 0. The fraction of sp³-hybridized carbons (Fsp3) is 0.0833. The molecule has 0 amide bonds. The van der Waals surface area contributed by atoms with E-state index >= 15 is 0 Å². The molecule has 2 rings (SSSR count). The number of hydrogen-bond acceptors (Lipinski definition) is 4. The van der Waals surface area contributed by atoms with Crippen molar-refractivity contribution in [1.82, 2.24) is 9.97 Å². The third-order valence-electron chi connectivity index (χ3n) is 1.95. The first-order valence-corrected chi connectivity index (χ1v) is 4.81. The molecule has 4 nitrogen and oxygen atoms in total.